The van der Waals surface area contributed by atoms with Crippen LogP contribution < -0.4 is 10.5 Å². The minimum absolute atomic E-state index is 0.0214. The van der Waals surface area contributed by atoms with Crippen LogP contribution in [0.5, 0.6) is 0 Å². The van der Waals surface area contributed by atoms with Gasteiger partial charge in [0.2, 0.25) is 15.9 Å². The number of thioether (sulfide) groups is 1. The van der Waals surface area contributed by atoms with Crippen molar-refractivity contribution in [1.29, 1.82) is 0 Å². The van der Waals surface area contributed by atoms with Crippen molar-refractivity contribution < 1.29 is 13.2 Å². The van der Waals surface area contributed by atoms with Crippen LogP contribution in [0.2, 0.25) is 0 Å². The summed E-state index contributed by atoms with van der Waals surface area (Å²) in [6, 6.07) is 18.4. The number of rotatable bonds is 7. The summed E-state index contributed by atoms with van der Waals surface area (Å²) in [5.74, 6) is 0.733. The number of aromatic nitrogens is 3. The summed E-state index contributed by atoms with van der Waals surface area (Å²) in [4.78, 5) is 13.6. The molecule has 174 valence electrons. The number of carbonyl (C=O) groups is 1. The first-order valence-electron chi connectivity index (χ1n) is 10.5. The molecule has 2 heterocycles. The van der Waals surface area contributed by atoms with E-state index in [0.29, 0.717) is 16.7 Å². The third-order valence-corrected chi connectivity index (χ3v) is 8.27. The highest BCUT2D eigenvalue weighted by Crippen LogP contribution is 2.31. The lowest BCUT2D eigenvalue weighted by Gasteiger charge is -2.13. The smallest absolute Gasteiger partial charge is 0.238 e. The van der Waals surface area contributed by atoms with Gasteiger partial charge in [-0.25, -0.2) is 13.6 Å². The van der Waals surface area contributed by atoms with Crippen molar-refractivity contribution in [2.45, 2.75) is 28.9 Å². The number of nitrogens with zero attached hydrogens (tertiary/aromatic N) is 3. The van der Waals surface area contributed by atoms with Crippen molar-refractivity contribution in [3.63, 3.8) is 0 Å². The van der Waals surface area contributed by atoms with Crippen molar-refractivity contribution in [2.24, 2.45) is 5.14 Å². The predicted molar refractivity (Wildman–Crippen MR) is 133 cm³/mol. The molecule has 0 saturated heterocycles. The lowest BCUT2D eigenvalue weighted by molar-refractivity contribution is -0.119. The van der Waals surface area contributed by atoms with Gasteiger partial charge in [-0.15, -0.1) is 21.5 Å². The van der Waals surface area contributed by atoms with Gasteiger partial charge < -0.3 is 5.32 Å². The number of hydrogen-bond acceptors (Lipinski definition) is 7. The lowest BCUT2D eigenvalue weighted by Crippen LogP contribution is -2.36. The van der Waals surface area contributed by atoms with Crippen molar-refractivity contribution in [1.82, 2.24) is 20.1 Å². The molecule has 0 bridgehead atoms. The zero-order chi connectivity index (χ0) is 23.7. The zero-order valence-electron chi connectivity index (χ0n) is 17.9. The number of hydrogen-bond donors (Lipinski definition) is 2. The normalized spacial score (nSPS) is 13.7. The molecular weight excluding hydrogens is 490 g/mol. The van der Waals surface area contributed by atoms with Gasteiger partial charge in [0.25, 0.3) is 0 Å². The highest BCUT2D eigenvalue weighted by molar-refractivity contribution is 7.99. The Bertz CT molecular complexity index is 1410. The van der Waals surface area contributed by atoms with Crippen LogP contribution in [-0.4, -0.2) is 40.9 Å². The van der Waals surface area contributed by atoms with Crippen LogP contribution in [0.15, 0.2) is 76.1 Å². The number of benzene rings is 2. The molecule has 2 aromatic heterocycles. The molecule has 3 N–H and O–H groups in total. The molecule has 0 aliphatic heterocycles. The first-order chi connectivity index (χ1) is 16.4. The summed E-state index contributed by atoms with van der Waals surface area (Å²) >= 11 is 2.80. The third kappa shape index (κ3) is 4.78. The minimum atomic E-state index is -3.80. The number of fused-ring (bicyclic) bond motifs is 1. The number of carbonyl (C=O) groups excluding carboxylic acids is 1. The minimum Gasteiger partial charge on any atom is -0.352 e. The maximum absolute atomic E-state index is 12.7. The molecule has 4 aromatic rings. The summed E-state index contributed by atoms with van der Waals surface area (Å²) < 4.78 is 25.1. The Hall–Kier alpha value is -2.99. The summed E-state index contributed by atoms with van der Waals surface area (Å²) in [7, 11) is -3.80. The number of amides is 1. The van der Waals surface area contributed by atoms with E-state index in [0.717, 1.165) is 17.7 Å². The Kier molecular flexibility index (Phi) is 6.26. The molecule has 0 saturated carbocycles. The molecule has 8 nitrogen and oxygen atoms in total. The largest absolute Gasteiger partial charge is 0.352 e. The molecule has 5 rings (SSSR count). The molecule has 0 atom stereocenters. The SMILES string of the molecule is NS(=O)(=O)c1ccc(-n2c(SCC(=O)NC3Cc4ccccc4C3)nnc2-c2cccs2)cc1. The van der Waals surface area contributed by atoms with E-state index in [9.17, 15) is 13.2 Å². The van der Waals surface area contributed by atoms with E-state index in [1.807, 2.05) is 34.2 Å². The van der Waals surface area contributed by atoms with Gasteiger partial charge in [0, 0.05) is 11.7 Å². The second kappa shape index (κ2) is 9.34. The van der Waals surface area contributed by atoms with E-state index in [1.54, 1.807) is 12.1 Å². The molecule has 0 radical (unpaired) electrons. The molecule has 0 spiro atoms. The van der Waals surface area contributed by atoms with Gasteiger partial charge in [-0.3, -0.25) is 9.36 Å². The topological polar surface area (TPSA) is 120 Å². The Morgan fingerprint density at radius 1 is 1.06 bits per heavy atom. The van der Waals surface area contributed by atoms with E-state index in [4.69, 9.17) is 5.14 Å². The van der Waals surface area contributed by atoms with E-state index >= 15 is 0 Å². The number of primary sulfonamides is 1. The molecule has 1 aliphatic carbocycles. The van der Waals surface area contributed by atoms with Crippen LogP contribution >= 0.6 is 23.1 Å². The van der Waals surface area contributed by atoms with Crippen LogP contribution in [0, 0.1) is 0 Å². The standard InChI is InChI=1S/C23H21N5O3S3/c24-34(30,31)19-9-7-18(8-10-19)28-22(20-6-3-11-32-20)26-27-23(28)33-14-21(29)25-17-12-15-4-1-2-5-16(15)13-17/h1-11,17H,12-14H2,(H,25,29)(H2,24,30,31). The molecule has 1 aliphatic rings. The average molecular weight is 512 g/mol. The van der Waals surface area contributed by atoms with Gasteiger partial charge in [-0.2, -0.15) is 0 Å². The predicted octanol–water partition coefficient (Wildman–Crippen LogP) is 3.02. The molecule has 11 heteroatoms. The second-order valence-electron chi connectivity index (χ2n) is 7.89. The first-order valence-corrected chi connectivity index (χ1v) is 13.9. The monoisotopic (exact) mass is 511 g/mol. The van der Waals surface area contributed by atoms with Crippen LogP contribution in [0.25, 0.3) is 16.4 Å². The summed E-state index contributed by atoms with van der Waals surface area (Å²) in [5.41, 5.74) is 3.24. The van der Waals surface area contributed by atoms with Crippen LogP contribution in [0.4, 0.5) is 0 Å². The number of thiophene rings is 1. The number of nitrogens with one attached hydrogen (secondary N) is 1. The Balaban J connectivity index is 1.34. The Morgan fingerprint density at radius 2 is 1.76 bits per heavy atom. The van der Waals surface area contributed by atoms with Gasteiger partial charge in [0.1, 0.15) is 0 Å². The number of nitrogens with two attached hydrogens (primary N) is 1. The summed E-state index contributed by atoms with van der Waals surface area (Å²) in [6.07, 6.45) is 1.67. The lowest BCUT2D eigenvalue weighted by atomic mass is 10.1. The average Bonchev–Trinajstić information content (AvgIpc) is 3.55. The fourth-order valence-electron chi connectivity index (χ4n) is 4.01. The van der Waals surface area contributed by atoms with E-state index in [-0.39, 0.29) is 22.6 Å². The van der Waals surface area contributed by atoms with Gasteiger partial charge in [0.05, 0.1) is 15.5 Å². The second-order valence-corrected chi connectivity index (χ2v) is 11.3. The van der Waals surface area contributed by atoms with Gasteiger partial charge in [-0.05, 0) is 59.7 Å². The maximum Gasteiger partial charge on any atom is 0.238 e. The van der Waals surface area contributed by atoms with Gasteiger partial charge >= 0.3 is 0 Å². The van der Waals surface area contributed by atoms with Crippen molar-refractivity contribution in [3.05, 3.63) is 77.2 Å². The van der Waals surface area contributed by atoms with Crippen molar-refractivity contribution in [3.8, 4) is 16.4 Å². The molecule has 1 amide bonds. The Morgan fingerprint density at radius 3 is 2.38 bits per heavy atom. The van der Waals surface area contributed by atoms with E-state index in [2.05, 4.69) is 27.6 Å². The highest BCUT2D eigenvalue weighted by atomic mass is 32.2. The molecule has 0 unspecified atom stereocenters. The molecule has 0 fully saturated rings. The van der Waals surface area contributed by atoms with Crippen LogP contribution in [0.3, 0.4) is 0 Å². The zero-order valence-corrected chi connectivity index (χ0v) is 20.4. The van der Waals surface area contributed by atoms with Gasteiger partial charge in [-0.1, -0.05) is 42.1 Å². The quantitative estimate of drug-likeness (QED) is 0.368. The van der Waals surface area contributed by atoms with Crippen LogP contribution in [-0.2, 0) is 27.7 Å². The summed E-state index contributed by atoms with van der Waals surface area (Å²) in [5, 5.41) is 19.5. The summed E-state index contributed by atoms with van der Waals surface area (Å²) in [6.45, 7) is 0. The van der Waals surface area contributed by atoms with Crippen molar-refractivity contribution >= 4 is 39.0 Å². The first kappa shape index (κ1) is 22.8. The third-order valence-electron chi connectivity index (χ3n) is 5.55. The molecule has 34 heavy (non-hydrogen) atoms. The van der Waals surface area contributed by atoms with Crippen molar-refractivity contribution in [2.75, 3.05) is 5.75 Å². The van der Waals surface area contributed by atoms with Crippen LogP contribution in [0.1, 0.15) is 11.1 Å². The van der Waals surface area contributed by atoms with E-state index in [1.165, 1.54) is 46.4 Å². The Labute approximate surface area is 205 Å². The molecular formula is C23H21N5O3S3. The van der Waals surface area contributed by atoms with E-state index < -0.39 is 10.0 Å². The maximum atomic E-state index is 12.7. The molecule has 2 aromatic carbocycles. The number of sulfonamides is 1. The fourth-order valence-corrected chi connectivity index (χ4v) is 5.98. The van der Waals surface area contributed by atoms with Gasteiger partial charge in [0.15, 0.2) is 11.0 Å². The highest BCUT2D eigenvalue weighted by Gasteiger charge is 2.23. The fraction of sp³-hybridized carbons (Fsp3) is 0.174.